The summed E-state index contributed by atoms with van der Waals surface area (Å²) in [6, 6.07) is 18.1. The zero-order chi connectivity index (χ0) is 23.6. The van der Waals surface area contributed by atoms with E-state index in [0.29, 0.717) is 31.0 Å². The number of rotatable bonds is 6. The molecule has 33 heavy (non-hydrogen) atoms. The van der Waals surface area contributed by atoms with Crippen molar-refractivity contribution in [2.45, 2.75) is 25.7 Å². The highest BCUT2D eigenvalue weighted by Crippen LogP contribution is 2.22. The van der Waals surface area contributed by atoms with Gasteiger partial charge in [0.25, 0.3) is 5.91 Å². The molecule has 174 valence electrons. The number of sulfonamides is 1. The smallest absolute Gasteiger partial charge is 0.253 e. The summed E-state index contributed by atoms with van der Waals surface area (Å²) in [5, 5.41) is 0. The van der Waals surface area contributed by atoms with Crippen molar-refractivity contribution in [2.75, 3.05) is 32.8 Å². The lowest BCUT2D eigenvalue weighted by Gasteiger charge is -2.34. The SMILES string of the molecule is CCOc1ccc(S(=O)(=O)N2CCN(C(=O)c3ccc(-n4c(C)ccc4C)cc3)CC2)cc1. The van der Waals surface area contributed by atoms with Crippen LogP contribution in [0.15, 0.2) is 65.6 Å². The van der Waals surface area contributed by atoms with Gasteiger partial charge in [0.2, 0.25) is 10.0 Å². The van der Waals surface area contributed by atoms with Gasteiger partial charge in [0.1, 0.15) is 5.75 Å². The molecule has 0 saturated carbocycles. The predicted molar refractivity (Wildman–Crippen MR) is 128 cm³/mol. The van der Waals surface area contributed by atoms with Crippen LogP contribution >= 0.6 is 0 Å². The van der Waals surface area contributed by atoms with Crippen molar-refractivity contribution >= 4 is 15.9 Å². The lowest BCUT2D eigenvalue weighted by atomic mass is 10.1. The molecule has 4 rings (SSSR count). The van der Waals surface area contributed by atoms with E-state index in [1.54, 1.807) is 29.2 Å². The first kappa shape index (κ1) is 23.1. The van der Waals surface area contributed by atoms with Crippen molar-refractivity contribution in [1.82, 2.24) is 13.8 Å². The quantitative estimate of drug-likeness (QED) is 0.555. The molecule has 1 saturated heterocycles. The van der Waals surface area contributed by atoms with Crippen molar-refractivity contribution in [3.63, 3.8) is 0 Å². The second-order valence-electron chi connectivity index (χ2n) is 8.10. The fraction of sp³-hybridized carbons (Fsp3) is 0.320. The first-order chi connectivity index (χ1) is 15.8. The summed E-state index contributed by atoms with van der Waals surface area (Å²) in [7, 11) is -3.61. The third-order valence-electron chi connectivity index (χ3n) is 5.94. The number of hydrogen-bond donors (Lipinski definition) is 0. The fourth-order valence-corrected chi connectivity index (χ4v) is 5.59. The molecule has 2 aromatic carbocycles. The van der Waals surface area contributed by atoms with E-state index in [4.69, 9.17) is 4.74 Å². The Balaban J connectivity index is 1.40. The summed E-state index contributed by atoms with van der Waals surface area (Å²) in [4.78, 5) is 14.9. The maximum absolute atomic E-state index is 13.0. The van der Waals surface area contributed by atoms with E-state index in [1.165, 1.54) is 4.31 Å². The van der Waals surface area contributed by atoms with Crippen LogP contribution in [0.25, 0.3) is 5.69 Å². The number of piperazine rings is 1. The summed E-state index contributed by atoms with van der Waals surface area (Å²) in [6.07, 6.45) is 0. The number of aryl methyl sites for hydroxylation is 2. The van der Waals surface area contributed by atoms with Crippen LogP contribution in [0.5, 0.6) is 5.75 Å². The third-order valence-corrected chi connectivity index (χ3v) is 7.85. The Morgan fingerprint density at radius 2 is 1.42 bits per heavy atom. The molecule has 1 fully saturated rings. The average Bonchev–Trinajstić information content (AvgIpc) is 3.17. The van der Waals surface area contributed by atoms with Gasteiger partial charge < -0.3 is 14.2 Å². The maximum Gasteiger partial charge on any atom is 0.253 e. The Bertz CT molecular complexity index is 1200. The first-order valence-electron chi connectivity index (χ1n) is 11.1. The van der Waals surface area contributed by atoms with Crippen molar-refractivity contribution in [3.05, 3.63) is 77.6 Å². The number of aromatic nitrogens is 1. The van der Waals surface area contributed by atoms with E-state index in [1.807, 2.05) is 45.0 Å². The molecule has 0 bridgehead atoms. The molecule has 1 amide bonds. The molecule has 0 spiro atoms. The van der Waals surface area contributed by atoms with Crippen molar-refractivity contribution in [1.29, 1.82) is 0 Å². The van der Waals surface area contributed by atoms with Gasteiger partial charge in [-0.25, -0.2) is 8.42 Å². The van der Waals surface area contributed by atoms with Crippen LogP contribution in [0.2, 0.25) is 0 Å². The molecule has 1 aliphatic rings. The minimum atomic E-state index is -3.61. The van der Waals surface area contributed by atoms with Crippen LogP contribution in [-0.4, -0.2) is 60.9 Å². The maximum atomic E-state index is 13.0. The van der Waals surface area contributed by atoms with Crippen molar-refractivity contribution in [2.24, 2.45) is 0 Å². The fourth-order valence-electron chi connectivity index (χ4n) is 4.17. The zero-order valence-corrected chi connectivity index (χ0v) is 20.0. The van der Waals surface area contributed by atoms with Gasteiger partial charge >= 0.3 is 0 Å². The Morgan fingerprint density at radius 1 is 0.848 bits per heavy atom. The summed E-state index contributed by atoms with van der Waals surface area (Å²) in [6.45, 7) is 7.74. The molecule has 0 unspecified atom stereocenters. The van der Waals surface area contributed by atoms with Crippen LogP contribution < -0.4 is 4.74 Å². The Hall–Kier alpha value is -3.10. The Labute approximate surface area is 195 Å². The summed E-state index contributed by atoms with van der Waals surface area (Å²) in [5.41, 5.74) is 3.88. The topological polar surface area (TPSA) is 71.9 Å². The second kappa shape index (κ2) is 9.41. The highest BCUT2D eigenvalue weighted by molar-refractivity contribution is 7.89. The molecule has 1 aliphatic heterocycles. The van der Waals surface area contributed by atoms with Crippen LogP contribution in [-0.2, 0) is 10.0 Å². The summed E-state index contributed by atoms with van der Waals surface area (Å²) < 4.78 is 34.9. The average molecular weight is 468 g/mol. The molecule has 3 aromatic rings. The van der Waals surface area contributed by atoms with E-state index < -0.39 is 10.0 Å². The molecule has 0 N–H and O–H groups in total. The Kier molecular flexibility index (Phi) is 6.58. The number of benzene rings is 2. The molecule has 8 heteroatoms. The van der Waals surface area contributed by atoms with Gasteiger partial charge in [-0.05, 0) is 81.4 Å². The van der Waals surface area contributed by atoms with Crippen molar-refractivity contribution in [3.8, 4) is 11.4 Å². The number of amides is 1. The second-order valence-corrected chi connectivity index (χ2v) is 10.0. The van der Waals surface area contributed by atoms with Gasteiger partial charge in [-0.15, -0.1) is 0 Å². The predicted octanol–water partition coefficient (Wildman–Crippen LogP) is 3.64. The zero-order valence-electron chi connectivity index (χ0n) is 19.2. The van der Waals surface area contributed by atoms with E-state index in [0.717, 1.165) is 17.1 Å². The number of carbonyl (C=O) groups is 1. The first-order valence-corrected chi connectivity index (χ1v) is 12.5. The lowest BCUT2D eigenvalue weighted by molar-refractivity contribution is 0.0698. The van der Waals surface area contributed by atoms with Crippen molar-refractivity contribution < 1.29 is 17.9 Å². The molecule has 0 aliphatic carbocycles. The van der Waals surface area contributed by atoms with Crippen LogP contribution in [0.1, 0.15) is 28.7 Å². The molecule has 2 heterocycles. The molecular formula is C25H29N3O4S. The van der Waals surface area contributed by atoms with Crippen LogP contribution in [0.4, 0.5) is 0 Å². The molecule has 0 radical (unpaired) electrons. The Morgan fingerprint density at radius 3 is 1.97 bits per heavy atom. The largest absolute Gasteiger partial charge is 0.494 e. The minimum Gasteiger partial charge on any atom is -0.494 e. The van der Waals surface area contributed by atoms with Gasteiger partial charge in [0, 0.05) is 48.8 Å². The van der Waals surface area contributed by atoms with E-state index in [2.05, 4.69) is 16.7 Å². The van der Waals surface area contributed by atoms with E-state index in [9.17, 15) is 13.2 Å². The van der Waals surface area contributed by atoms with Gasteiger partial charge in [-0.3, -0.25) is 4.79 Å². The lowest BCUT2D eigenvalue weighted by Crippen LogP contribution is -2.50. The number of carbonyl (C=O) groups excluding carboxylic acids is 1. The van der Waals surface area contributed by atoms with E-state index in [-0.39, 0.29) is 23.9 Å². The van der Waals surface area contributed by atoms with Gasteiger partial charge in [0.05, 0.1) is 11.5 Å². The van der Waals surface area contributed by atoms with Gasteiger partial charge in [-0.2, -0.15) is 4.31 Å². The molecule has 1 aromatic heterocycles. The molecular weight excluding hydrogens is 438 g/mol. The number of nitrogens with zero attached hydrogens (tertiary/aromatic N) is 3. The highest BCUT2D eigenvalue weighted by atomic mass is 32.2. The monoisotopic (exact) mass is 467 g/mol. The minimum absolute atomic E-state index is 0.0828. The number of ether oxygens (including phenoxy) is 1. The highest BCUT2D eigenvalue weighted by Gasteiger charge is 2.30. The van der Waals surface area contributed by atoms with Crippen LogP contribution in [0, 0.1) is 13.8 Å². The standard InChI is InChI=1S/C25H29N3O4S/c1-4-32-23-11-13-24(14-12-23)33(30,31)27-17-15-26(16-18-27)25(29)21-7-9-22(10-8-21)28-19(2)5-6-20(28)3/h5-14H,4,15-18H2,1-3H3. The molecule has 0 atom stereocenters. The molecule has 7 nitrogen and oxygen atoms in total. The third kappa shape index (κ3) is 4.67. The van der Waals surface area contributed by atoms with Gasteiger partial charge in [-0.1, -0.05) is 0 Å². The van der Waals surface area contributed by atoms with Crippen LogP contribution in [0.3, 0.4) is 0 Å². The normalized spacial score (nSPS) is 14.9. The summed E-state index contributed by atoms with van der Waals surface area (Å²) in [5.74, 6) is 0.556. The van der Waals surface area contributed by atoms with Gasteiger partial charge in [0.15, 0.2) is 0 Å². The summed E-state index contributed by atoms with van der Waals surface area (Å²) >= 11 is 0. The number of hydrogen-bond acceptors (Lipinski definition) is 4. The van der Waals surface area contributed by atoms with E-state index >= 15 is 0 Å².